The van der Waals surface area contributed by atoms with Crippen molar-refractivity contribution in [1.82, 2.24) is 5.32 Å². The molecule has 0 saturated heterocycles. The molecule has 3 rings (SSSR count). The summed E-state index contributed by atoms with van der Waals surface area (Å²) < 4.78 is 39.0. The van der Waals surface area contributed by atoms with E-state index in [0.29, 0.717) is 16.5 Å². The number of methoxy groups -OCH3 is 1. The van der Waals surface area contributed by atoms with Crippen molar-refractivity contribution in [2.45, 2.75) is 4.90 Å². The number of ether oxygens (including phenoxy) is 2. The van der Waals surface area contributed by atoms with Crippen molar-refractivity contribution in [2.75, 3.05) is 18.9 Å². The van der Waals surface area contributed by atoms with Crippen molar-refractivity contribution in [3.05, 3.63) is 76.3 Å². The van der Waals surface area contributed by atoms with Gasteiger partial charge in [-0.3, -0.25) is 9.52 Å². The van der Waals surface area contributed by atoms with Crippen molar-refractivity contribution in [3.8, 4) is 17.2 Å². The number of nitrogens with one attached hydrogen (secondary N) is 2. The number of hydrogen-bond donors (Lipinski definition) is 2. The Morgan fingerprint density at radius 3 is 2.23 bits per heavy atom. The van der Waals surface area contributed by atoms with Gasteiger partial charge >= 0.3 is 0 Å². The van der Waals surface area contributed by atoms with Crippen molar-refractivity contribution >= 4 is 44.8 Å². The standard InChI is InChI=1S/C21H18Cl2N2O5S/c1-24-21(26)15-11-17(23)20(29-2)12-18(15)25-31(27,28)14-9-7-13(8-10-14)30-19-6-4-3-5-16(19)22/h3-12,25H,1-2H3,(H,24,26). The summed E-state index contributed by atoms with van der Waals surface area (Å²) in [5.41, 5.74) is 0.0764. The van der Waals surface area contributed by atoms with E-state index in [9.17, 15) is 13.2 Å². The van der Waals surface area contributed by atoms with Gasteiger partial charge in [-0.1, -0.05) is 35.3 Å². The van der Waals surface area contributed by atoms with E-state index >= 15 is 0 Å². The van der Waals surface area contributed by atoms with Crippen LogP contribution in [0.4, 0.5) is 5.69 Å². The lowest BCUT2D eigenvalue weighted by Crippen LogP contribution is -2.22. The number of amides is 1. The Morgan fingerprint density at radius 2 is 1.61 bits per heavy atom. The second kappa shape index (κ2) is 9.47. The molecule has 2 N–H and O–H groups in total. The Bertz CT molecular complexity index is 1210. The molecule has 162 valence electrons. The van der Waals surface area contributed by atoms with E-state index in [1.807, 2.05) is 0 Å². The van der Waals surface area contributed by atoms with Crippen LogP contribution >= 0.6 is 23.2 Å². The van der Waals surface area contributed by atoms with Crippen LogP contribution in [0, 0.1) is 0 Å². The quantitative estimate of drug-likeness (QED) is 0.498. The average molecular weight is 481 g/mol. The summed E-state index contributed by atoms with van der Waals surface area (Å²) in [4.78, 5) is 12.1. The largest absolute Gasteiger partial charge is 0.495 e. The minimum Gasteiger partial charge on any atom is -0.495 e. The molecule has 0 radical (unpaired) electrons. The van der Waals surface area contributed by atoms with Crippen LogP contribution in [0.2, 0.25) is 10.0 Å². The first-order chi connectivity index (χ1) is 14.7. The smallest absolute Gasteiger partial charge is 0.261 e. The molecule has 0 fully saturated rings. The van der Waals surface area contributed by atoms with Crippen molar-refractivity contribution in [2.24, 2.45) is 0 Å². The normalized spacial score (nSPS) is 11.0. The lowest BCUT2D eigenvalue weighted by molar-refractivity contribution is 0.0964. The van der Waals surface area contributed by atoms with Crippen molar-refractivity contribution < 1.29 is 22.7 Å². The van der Waals surface area contributed by atoms with Gasteiger partial charge in [0.1, 0.15) is 17.2 Å². The number of para-hydroxylation sites is 1. The summed E-state index contributed by atoms with van der Waals surface area (Å²) in [6.07, 6.45) is 0. The van der Waals surface area contributed by atoms with Crippen LogP contribution in [0.3, 0.4) is 0 Å². The highest BCUT2D eigenvalue weighted by Crippen LogP contribution is 2.33. The number of hydrogen-bond acceptors (Lipinski definition) is 5. The van der Waals surface area contributed by atoms with Crippen LogP contribution < -0.4 is 19.5 Å². The van der Waals surface area contributed by atoms with E-state index in [-0.39, 0.29) is 26.9 Å². The highest BCUT2D eigenvalue weighted by molar-refractivity contribution is 7.92. The Kier molecular flexibility index (Phi) is 6.94. The van der Waals surface area contributed by atoms with Crippen LogP contribution in [0.1, 0.15) is 10.4 Å². The Morgan fingerprint density at radius 1 is 0.935 bits per heavy atom. The van der Waals surface area contributed by atoms with Crippen LogP contribution in [-0.4, -0.2) is 28.5 Å². The number of carbonyl (C=O) groups excluding carboxylic acids is 1. The zero-order chi connectivity index (χ0) is 22.6. The number of sulfonamides is 1. The number of benzene rings is 3. The van der Waals surface area contributed by atoms with Gasteiger partial charge in [0.05, 0.1) is 33.3 Å². The molecule has 0 unspecified atom stereocenters. The van der Waals surface area contributed by atoms with Gasteiger partial charge in [-0.25, -0.2) is 8.42 Å². The molecule has 1 amide bonds. The maximum Gasteiger partial charge on any atom is 0.261 e. The Labute approximate surface area is 189 Å². The molecule has 7 nitrogen and oxygen atoms in total. The molecule has 3 aromatic rings. The van der Waals surface area contributed by atoms with E-state index in [1.54, 1.807) is 24.3 Å². The molecular formula is C21H18Cl2N2O5S. The van der Waals surface area contributed by atoms with Crippen molar-refractivity contribution in [3.63, 3.8) is 0 Å². The van der Waals surface area contributed by atoms with Gasteiger partial charge in [0.15, 0.2) is 0 Å². The van der Waals surface area contributed by atoms with Gasteiger partial charge in [-0.05, 0) is 42.5 Å². The SMILES string of the molecule is CNC(=O)c1cc(Cl)c(OC)cc1NS(=O)(=O)c1ccc(Oc2ccccc2Cl)cc1. The second-order valence-corrected chi connectivity index (χ2v) is 8.72. The average Bonchev–Trinajstić information content (AvgIpc) is 2.76. The summed E-state index contributed by atoms with van der Waals surface area (Å²) in [5.74, 6) is 0.564. The van der Waals surface area contributed by atoms with Crippen molar-refractivity contribution in [1.29, 1.82) is 0 Å². The fourth-order valence-electron chi connectivity index (χ4n) is 2.66. The van der Waals surface area contributed by atoms with E-state index in [0.717, 1.165) is 0 Å². The fourth-order valence-corrected chi connectivity index (χ4v) is 4.15. The molecular weight excluding hydrogens is 463 g/mol. The van der Waals surface area contributed by atoms with E-state index in [4.69, 9.17) is 32.7 Å². The maximum atomic E-state index is 12.9. The first kappa shape index (κ1) is 22.7. The van der Waals surface area contributed by atoms with Gasteiger partial charge in [0.2, 0.25) is 0 Å². The fraction of sp³-hybridized carbons (Fsp3) is 0.0952. The molecule has 0 bridgehead atoms. The second-order valence-electron chi connectivity index (χ2n) is 6.22. The molecule has 0 aliphatic rings. The Balaban J connectivity index is 1.89. The third-order valence-corrected chi connectivity index (χ3v) is 6.20. The molecule has 0 aliphatic carbocycles. The maximum absolute atomic E-state index is 12.9. The minimum absolute atomic E-state index is 0.0250. The summed E-state index contributed by atoms with van der Waals surface area (Å²) in [6, 6.07) is 15.4. The molecule has 31 heavy (non-hydrogen) atoms. The number of anilines is 1. The predicted molar refractivity (Wildman–Crippen MR) is 120 cm³/mol. The molecule has 0 saturated carbocycles. The Hall–Kier alpha value is -2.94. The molecule has 0 atom stereocenters. The van der Waals surface area contributed by atoms with Gasteiger partial charge in [-0.2, -0.15) is 0 Å². The first-order valence-electron chi connectivity index (χ1n) is 8.90. The van der Waals surface area contributed by atoms with Gasteiger partial charge < -0.3 is 14.8 Å². The third kappa shape index (κ3) is 5.22. The molecule has 3 aromatic carbocycles. The zero-order valence-electron chi connectivity index (χ0n) is 16.5. The topological polar surface area (TPSA) is 93.7 Å². The number of carbonyl (C=O) groups is 1. The third-order valence-electron chi connectivity index (χ3n) is 4.21. The first-order valence-corrected chi connectivity index (χ1v) is 11.1. The molecule has 10 heteroatoms. The summed E-state index contributed by atoms with van der Waals surface area (Å²) in [5, 5.41) is 3.05. The monoisotopic (exact) mass is 480 g/mol. The summed E-state index contributed by atoms with van der Waals surface area (Å²) >= 11 is 12.2. The molecule has 0 spiro atoms. The highest BCUT2D eigenvalue weighted by Gasteiger charge is 2.21. The molecule has 0 aliphatic heterocycles. The lowest BCUT2D eigenvalue weighted by atomic mass is 10.1. The predicted octanol–water partition coefficient (Wildman–Crippen LogP) is 4.95. The highest BCUT2D eigenvalue weighted by atomic mass is 35.5. The lowest BCUT2D eigenvalue weighted by Gasteiger charge is -2.15. The summed E-state index contributed by atoms with van der Waals surface area (Å²) in [7, 11) is -1.21. The van der Waals surface area contributed by atoms with Crippen LogP contribution in [0.15, 0.2) is 65.6 Å². The van der Waals surface area contributed by atoms with Crippen LogP contribution in [0.25, 0.3) is 0 Å². The van der Waals surface area contributed by atoms with Gasteiger partial charge in [0, 0.05) is 13.1 Å². The van der Waals surface area contributed by atoms with Gasteiger partial charge in [0.25, 0.3) is 15.9 Å². The number of halogens is 2. The van der Waals surface area contributed by atoms with Crippen LogP contribution in [0.5, 0.6) is 17.2 Å². The van der Waals surface area contributed by atoms with E-state index in [1.165, 1.54) is 50.6 Å². The zero-order valence-corrected chi connectivity index (χ0v) is 18.8. The van der Waals surface area contributed by atoms with E-state index < -0.39 is 15.9 Å². The molecule has 0 aromatic heterocycles. The molecule has 0 heterocycles. The number of rotatable bonds is 7. The van der Waals surface area contributed by atoms with Gasteiger partial charge in [-0.15, -0.1) is 0 Å². The van der Waals surface area contributed by atoms with E-state index in [2.05, 4.69) is 10.0 Å². The minimum atomic E-state index is -4.02. The van der Waals surface area contributed by atoms with Crippen LogP contribution in [-0.2, 0) is 10.0 Å². The summed E-state index contributed by atoms with van der Waals surface area (Å²) in [6.45, 7) is 0.